The van der Waals surface area contributed by atoms with Gasteiger partial charge in [0.2, 0.25) is 5.91 Å². The van der Waals surface area contributed by atoms with Crippen LogP contribution in [0.15, 0.2) is 36.5 Å². The Balaban J connectivity index is 1.61. The molecule has 3 N–H and O–H groups in total. The molecule has 1 unspecified atom stereocenters. The van der Waals surface area contributed by atoms with Gasteiger partial charge in [-0.1, -0.05) is 25.8 Å². The average Bonchev–Trinajstić information content (AvgIpc) is 3.36. The van der Waals surface area contributed by atoms with Crippen LogP contribution in [-0.4, -0.2) is 35.2 Å². The van der Waals surface area contributed by atoms with Gasteiger partial charge in [0.05, 0.1) is 6.04 Å². The molecule has 1 aliphatic rings. The van der Waals surface area contributed by atoms with E-state index in [2.05, 4.69) is 44.8 Å². The van der Waals surface area contributed by atoms with E-state index in [1.165, 1.54) is 18.5 Å². The second kappa shape index (κ2) is 9.38. The summed E-state index contributed by atoms with van der Waals surface area (Å²) >= 11 is 0. The van der Waals surface area contributed by atoms with Crippen molar-refractivity contribution in [2.75, 3.05) is 23.3 Å². The zero-order valence-corrected chi connectivity index (χ0v) is 15.5. The van der Waals surface area contributed by atoms with E-state index in [-0.39, 0.29) is 11.9 Å². The number of nitrogens with zero attached hydrogens (tertiary/aromatic N) is 2. The smallest absolute Gasteiger partial charge is 0.241 e. The summed E-state index contributed by atoms with van der Waals surface area (Å²) in [6.07, 6.45) is 7.12. The van der Waals surface area contributed by atoms with Crippen LogP contribution in [0.1, 0.15) is 44.7 Å². The van der Waals surface area contributed by atoms with Gasteiger partial charge < -0.3 is 15.5 Å². The van der Waals surface area contributed by atoms with E-state index in [1.54, 1.807) is 6.20 Å². The number of unbranched alkanes of at least 4 members (excludes halogenated alkanes) is 1. The summed E-state index contributed by atoms with van der Waals surface area (Å²) < 4.78 is 0. The number of anilines is 2. The first kappa shape index (κ1) is 18.5. The third-order valence-electron chi connectivity index (χ3n) is 4.85. The third kappa shape index (κ3) is 5.08. The van der Waals surface area contributed by atoms with E-state index in [1.807, 2.05) is 18.2 Å². The first-order valence-electron chi connectivity index (χ1n) is 9.64. The Bertz CT molecular complexity index is 679. The van der Waals surface area contributed by atoms with Crippen molar-refractivity contribution in [1.82, 2.24) is 15.5 Å². The van der Waals surface area contributed by atoms with Gasteiger partial charge in [0, 0.05) is 42.9 Å². The van der Waals surface area contributed by atoms with Crippen LogP contribution in [-0.2, 0) is 11.3 Å². The van der Waals surface area contributed by atoms with Crippen LogP contribution in [0.4, 0.5) is 11.4 Å². The van der Waals surface area contributed by atoms with Crippen molar-refractivity contribution in [3.63, 3.8) is 0 Å². The molecule has 1 aliphatic heterocycles. The molecule has 1 fully saturated rings. The minimum absolute atomic E-state index is 0.0246. The highest BCUT2D eigenvalue weighted by molar-refractivity contribution is 5.95. The second-order valence-electron chi connectivity index (χ2n) is 6.89. The summed E-state index contributed by atoms with van der Waals surface area (Å²) in [7, 11) is 0. The van der Waals surface area contributed by atoms with E-state index < -0.39 is 0 Å². The highest BCUT2D eigenvalue weighted by atomic mass is 16.2. The van der Waals surface area contributed by atoms with Crippen molar-refractivity contribution in [2.45, 2.75) is 51.6 Å². The molecule has 0 saturated carbocycles. The number of H-pyrrole nitrogens is 1. The molecule has 0 aliphatic carbocycles. The fourth-order valence-corrected chi connectivity index (χ4v) is 3.34. The van der Waals surface area contributed by atoms with E-state index in [4.69, 9.17) is 0 Å². The number of carbonyl (C=O) groups is 1. The maximum absolute atomic E-state index is 12.8. The quantitative estimate of drug-likeness (QED) is 0.645. The van der Waals surface area contributed by atoms with Gasteiger partial charge in [-0.2, -0.15) is 5.10 Å². The van der Waals surface area contributed by atoms with Crippen molar-refractivity contribution >= 4 is 17.3 Å². The Hall–Kier alpha value is -2.34. The molecule has 0 spiro atoms. The van der Waals surface area contributed by atoms with Crippen LogP contribution in [0.3, 0.4) is 0 Å². The first-order chi connectivity index (χ1) is 12.8. The second-order valence-corrected chi connectivity index (χ2v) is 6.89. The van der Waals surface area contributed by atoms with Gasteiger partial charge in [0.25, 0.3) is 0 Å². The van der Waals surface area contributed by atoms with Gasteiger partial charge in [0.15, 0.2) is 0 Å². The number of nitrogens with one attached hydrogen (secondary N) is 3. The van der Waals surface area contributed by atoms with E-state index >= 15 is 0 Å². The van der Waals surface area contributed by atoms with Crippen LogP contribution >= 0.6 is 0 Å². The number of benzene rings is 1. The zero-order valence-electron chi connectivity index (χ0n) is 15.5. The van der Waals surface area contributed by atoms with Crippen molar-refractivity contribution < 1.29 is 4.79 Å². The highest BCUT2D eigenvalue weighted by Crippen LogP contribution is 2.23. The maximum Gasteiger partial charge on any atom is 0.241 e. The Morgan fingerprint density at radius 3 is 2.88 bits per heavy atom. The summed E-state index contributed by atoms with van der Waals surface area (Å²) in [5, 5.41) is 13.3. The molecule has 2 heterocycles. The minimum Gasteiger partial charge on any atom is -0.371 e. The Labute approximate surface area is 155 Å². The molecule has 1 saturated heterocycles. The fourth-order valence-electron chi connectivity index (χ4n) is 3.34. The minimum atomic E-state index is -0.214. The number of aromatic amines is 1. The summed E-state index contributed by atoms with van der Waals surface area (Å²) in [6, 6.07) is 9.88. The lowest BCUT2D eigenvalue weighted by atomic mass is 10.1. The van der Waals surface area contributed by atoms with Gasteiger partial charge in [-0.05, 0) is 43.5 Å². The lowest BCUT2D eigenvalue weighted by molar-refractivity contribution is -0.118. The molecule has 0 bridgehead atoms. The predicted molar refractivity (Wildman–Crippen MR) is 105 cm³/mol. The van der Waals surface area contributed by atoms with Crippen molar-refractivity contribution in [1.29, 1.82) is 0 Å². The van der Waals surface area contributed by atoms with Gasteiger partial charge in [-0.25, -0.2) is 0 Å². The molecule has 140 valence electrons. The van der Waals surface area contributed by atoms with Crippen LogP contribution in [0.25, 0.3) is 0 Å². The molecule has 6 heteroatoms. The maximum atomic E-state index is 12.8. The first-order valence-corrected chi connectivity index (χ1v) is 9.64. The van der Waals surface area contributed by atoms with E-state index in [0.29, 0.717) is 6.54 Å². The van der Waals surface area contributed by atoms with Crippen molar-refractivity contribution in [3.05, 3.63) is 42.2 Å². The van der Waals surface area contributed by atoms with Crippen molar-refractivity contribution in [2.24, 2.45) is 0 Å². The normalized spacial score (nSPS) is 15.2. The highest BCUT2D eigenvalue weighted by Gasteiger charge is 2.18. The van der Waals surface area contributed by atoms with Crippen molar-refractivity contribution in [3.8, 4) is 0 Å². The van der Waals surface area contributed by atoms with Gasteiger partial charge >= 0.3 is 0 Å². The lowest BCUT2D eigenvalue weighted by Crippen LogP contribution is -2.40. The van der Waals surface area contributed by atoms with Gasteiger partial charge in [-0.3, -0.25) is 9.89 Å². The summed E-state index contributed by atoms with van der Waals surface area (Å²) in [6.45, 7) is 4.95. The van der Waals surface area contributed by atoms with Crippen LogP contribution < -0.4 is 15.5 Å². The molecule has 6 nitrogen and oxygen atoms in total. The molecular weight excluding hydrogens is 326 g/mol. The lowest BCUT2D eigenvalue weighted by Gasteiger charge is -2.20. The molecule has 3 rings (SSSR count). The largest absolute Gasteiger partial charge is 0.371 e. The number of amides is 1. The predicted octanol–water partition coefficient (Wildman–Crippen LogP) is 3.30. The Kier molecular flexibility index (Phi) is 6.66. The molecule has 1 amide bonds. The zero-order chi connectivity index (χ0) is 18.2. The number of rotatable bonds is 9. The topological polar surface area (TPSA) is 73.0 Å². The molecular formula is C20H29N5O. The van der Waals surface area contributed by atoms with Crippen LogP contribution in [0.5, 0.6) is 0 Å². The third-order valence-corrected chi connectivity index (χ3v) is 4.85. The molecule has 1 aromatic carbocycles. The molecule has 1 atom stereocenters. The number of hydrogen-bond acceptors (Lipinski definition) is 4. The summed E-state index contributed by atoms with van der Waals surface area (Å²) in [5.41, 5.74) is 3.04. The average molecular weight is 355 g/mol. The van der Waals surface area contributed by atoms with Crippen LogP contribution in [0.2, 0.25) is 0 Å². The van der Waals surface area contributed by atoms with Gasteiger partial charge in [-0.15, -0.1) is 0 Å². The standard InChI is InChI=1S/C20H29N5O/c1-2-3-9-19(21-15-17-10-11-22-24-17)20(26)23-16-7-6-8-18(14-16)25-12-4-5-13-25/h6-8,10-11,14,19,21H,2-5,9,12-13,15H2,1H3,(H,22,24)(H,23,26). The molecule has 2 aromatic rings. The Morgan fingerprint density at radius 2 is 2.15 bits per heavy atom. The number of aromatic nitrogens is 2. The summed E-state index contributed by atoms with van der Waals surface area (Å²) in [5.74, 6) is 0.0246. The molecule has 0 radical (unpaired) electrons. The fraction of sp³-hybridized carbons (Fsp3) is 0.500. The number of carbonyl (C=O) groups excluding carboxylic acids is 1. The molecule has 26 heavy (non-hydrogen) atoms. The monoisotopic (exact) mass is 355 g/mol. The van der Waals surface area contributed by atoms with E-state index in [0.717, 1.165) is 43.7 Å². The molecule has 1 aromatic heterocycles. The van der Waals surface area contributed by atoms with Gasteiger partial charge in [0.1, 0.15) is 0 Å². The summed E-state index contributed by atoms with van der Waals surface area (Å²) in [4.78, 5) is 15.2. The SMILES string of the molecule is CCCCC(NCc1ccn[nH]1)C(=O)Nc1cccc(N2CCCC2)c1. The Morgan fingerprint density at radius 1 is 1.31 bits per heavy atom. The number of hydrogen-bond donors (Lipinski definition) is 3. The van der Waals surface area contributed by atoms with Crippen LogP contribution in [0, 0.1) is 0 Å². The van der Waals surface area contributed by atoms with E-state index in [9.17, 15) is 4.79 Å².